The number of ether oxygens (including phenoxy) is 1. The third-order valence-electron chi connectivity index (χ3n) is 14.1. The van der Waals surface area contributed by atoms with E-state index in [1.807, 2.05) is 217 Å². The van der Waals surface area contributed by atoms with Crippen molar-refractivity contribution in [2.75, 3.05) is 26.1 Å². The fraction of sp³-hybridized carbons (Fsp3) is 0.200. The predicted octanol–water partition coefficient (Wildman–Crippen LogP) is 14.7. The number of nitrogens with zero attached hydrogens (tertiary/aromatic N) is 12. The molecule has 0 radical (unpaired) electrons. The van der Waals surface area contributed by atoms with Gasteiger partial charge < -0.3 is 9.64 Å². The number of benzene rings is 6. The topological polar surface area (TPSA) is 114 Å². The molecule has 1 fully saturated rings. The maximum atomic E-state index is 5.25. The Morgan fingerprint density at radius 2 is 0.864 bits per heavy atom. The normalized spacial score (nSPS) is 11.1. The van der Waals surface area contributed by atoms with Crippen molar-refractivity contribution in [3.63, 3.8) is 0 Å². The first-order valence-electron chi connectivity index (χ1n) is 27.9. The molecule has 12 aromatic rings. The SMILES string of the molecule is COc1c(C)cnn1-c1[c-]cccc1.Cc1c(-c2ccccn2)cnn1-c1[c-]cccc1.Cc1c(C2CCCCC2)cnn1-c1[c-]cccc1.Cc1cnn(-c2[c-]cccc2)c1-c1ccccc1.Cc1cnn(-c2[c-]cccc2)c1N(C)C.[Pt].[Pt].[Pt].[Pt].[Pt]. The van der Waals surface area contributed by atoms with Gasteiger partial charge in [0.2, 0.25) is 5.88 Å². The van der Waals surface area contributed by atoms with Crippen LogP contribution < -0.4 is 9.64 Å². The number of aromatic nitrogens is 11. The standard InChI is InChI=1S/C16H19N2.C16H13N2.C15H12N3.C12H14N3.C11H11N2O.5Pt/c1-13-16(14-8-4-2-5-9-14)12-17-18(13)15-10-6-3-7-11-15;1-13-12-17-18(15-10-6-3-7-11-15)16(13)14-8-4-2-5-9-14;1-12-14(15-9-5-6-10-16-15)11-17-18(12)13-7-3-2-4-8-13;1-10-9-13-15(12(10)14(2)3)11-7-5-4-6-8-11;1-9-8-12-13(11(9)14-2)10-6-4-3-5-7-10;;;;;/h3,6-7,10,12,14H,2,4-5,8-9H2,1H3;2-10,12H,1H3;2-7,9-11H,1H3;4-7,9H,1-3H3;3-6,8H,1-2H3;;;;;/q5*-1;;;;;. The number of methoxy groups -OCH3 is 1. The minimum Gasteiger partial charge on any atom is -0.481 e. The molecular weight excluding hydrogens is 2000 g/mol. The molecule has 6 heterocycles. The molecule has 470 valence electrons. The van der Waals surface area contributed by atoms with Gasteiger partial charge in [-0.2, -0.15) is 147 Å². The first-order valence-corrected chi connectivity index (χ1v) is 27.9. The summed E-state index contributed by atoms with van der Waals surface area (Å²) in [6, 6.07) is 71.3. The maximum Gasteiger partial charge on any atom is 0.217 e. The molecule has 13 rings (SSSR count). The molecule has 0 bridgehead atoms. The van der Waals surface area contributed by atoms with Crippen molar-refractivity contribution in [2.24, 2.45) is 0 Å². The van der Waals surface area contributed by atoms with Crippen molar-refractivity contribution in [1.82, 2.24) is 53.9 Å². The molecule has 1 aliphatic carbocycles. The third kappa shape index (κ3) is 19.0. The van der Waals surface area contributed by atoms with Crippen molar-refractivity contribution in [3.05, 3.63) is 271 Å². The molecular formula is C70H69N12OPt5-5. The van der Waals surface area contributed by atoms with E-state index in [2.05, 4.69) is 111 Å². The maximum absolute atomic E-state index is 5.25. The molecule has 0 unspecified atom stereocenters. The average molecular weight is 2070 g/mol. The fourth-order valence-electron chi connectivity index (χ4n) is 10.0. The zero-order chi connectivity index (χ0) is 57.9. The zero-order valence-corrected chi connectivity index (χ0v) is 61.5. The summed E-state index contributed by atoms with van der Waals surface area (Å²) in [6.45, 7) is 10.3. The Hall–Kier alpha value is -6.44. The van der Waals surface area contributed by atoms with Crippen LogP contribution in [0.15, 0.2) is 207 Å². The Labute approximate surface area is 590 Å². The van der Waals surface area contributed by atoms with Gasteiger partial charge in [-0.15, -0.1) is 30.3 Å². The second-order valence-electron chi connectivity index (χ2n) is 20.1. The smallest absolute Gasteiger partial charge is 0.217 e. The molecule has 0 amide bonds. The Morgan fingerprint density at radius 1 is 0.432 bits per heavy atom. The van der Waals surface area contributed by atoms with E-state index in [0.29, 0.717) is 0 Å². The summed E-state index contributed by atoms with van der Waals surface area (Å²) in [4.78, 5) is 6.41. The van der Waals surface area contributed by atoms with E-state index in [-0.39, 0.29) is 105 Å². The van der Waals surface area contributed by atoms with Gasteiger partial charge in [0.05, 0.1) is 49.5 Å². The van der Waals surface area contributed by atoms with Crippen LogP contribution in [0.2, 0.25) is 0 Å². The van der Waals surface area contributed by atoms with Crippen molar-refractivity contribution < 1.29 is 110 Å². The van der Waals surface area contributed by atoms with E-state index < -0.39 is 0 Å². The Bertz CT molecular complexity index is 3800. The largest absolute Gasteiger partial charge is 0.481 e. The monoisotopic (exact) mass is 2070 g/mol. The molecule has 1 saturated carbocycles. The van der Waals surface area contributed by atoms with E-state index >= 15 is 0 Å². The minimum atomic E-state index is 0. The average Bonchev–Trinajstić information content (AvgIpc) is 4.52. The first kappa shape index (κ1) is 74.0. The number of anilines is 1. The summed E-state index contributed by atoms with van der Waals surface area (Å²) in [5, 5.41) is 22.0. The van der Waals surface area contributed by atoms with Crippen molar-refractivity contribution in [1.29, 1.82) is 0 Å². The molecule has 13 nitrogen and oxygen atoms in total. The third-order valence-corrected chi connectivity index (χ3v) is 14.1. The van der Waals surface area contributed by atoms with Gasteiger partial charge in [0.25, 0.3) is 0 Å². The van der Waals surface area contributed by atoms with Gasteiger partial charge in [0.1, 0.15) is 5.82 Å². The Morgan fingerprint density at radius 3 is 1.36 bits per heavy atom. The number of pyridine rings is 1. The zero-order valence-electron chi connectivity index (χ0n) is 50.1. The van der Waals surface area contributed by atoms with Crippen LogP contribution in [-0.4, -0.2) is 75.1 Å². The summed E-state index contributed by atoms with van der Waals surface area (Å²) < 4.78 is 14.7. The minimum absolute atomic E-state index is 0. The molecule has 88 heavy (non-hydrogen) atoms. The van der Waals surface area contributed by atoms with Crippen LogP contribution in [0.5, 0.6) is 5.88 Å². The van der Waals surface area contributed by atoms with E-state index in [1.54, 1.807) is 24.2 Å². The molecule has 18 heteroatoms. The van der Waals surface area contributed by atoms with Crippen molar-refractivity contribution in [2.45, 2.75) is 72.6 Å². The van der Waals surface area contributed by atoms with Gasteiger partial charge in [-0.05, 0) is 105 Å². The van der Waals surface area contributed by atoms with Gasteiger partial charge in [0.15, 0.2) is 0 Å². The number of rotatable bonds is 10. The molecule has 0 aliphatic heterocycles. The second-order valence-corrected chi connectivity index (χ2v) is 20.1. The second kappa shape index (κ2) is 37.5. The number of aryl methyl sites for hydroxylation is 3. The van der Waals surface area contributed by atoms with E-state index in [4.69, 9.17) is 4.74 Å². The van der Waals surface area contributed by atoms with Crippen molar-refractivity contribution in [3.8, 4) is 56.8 Å². The van der Waals surface area contributed by atoms with Crippen LogP contribution in [0, 0.1) is 65.0 Å². The number of para-hydroxylation sites is 5. The Kier molecular flexibility index (Phi) is 31.6. The number of hydrogen-bond donors (Lipinski definition) is 0. The van der Waals surface area contributed by atoms with Crippen molar-refractivity contribution >= 4 is 5.82 Å². The quantitative estimate of drug-likeness (QED) is 0.124. The molecule has 0 saturated heterocycles. The summed E-state index contributed by atoms with van der Waals surface area (Å²) in [6.07, 6.45) is 18.0. The van der Waals surface area contributed by atoms with E-state index in [0.717, 1.165) is 79.8 Å². The van der Waals surface area contributed by atoms with Crippen LogP contribution in [0.1, 0.15) is 71.7 Å². The van der Waals surface area contributed by atoms with Crippen LogP contribution in [0.25, 0.3) is 51.0 Å². The molecule has 0 spiro atoms. The van der Waals surface area contributed by atoms with E-state index in [9.17, 15) is 0 Å². The molecule has 6 aromatic heterocycles. The van der Waals surface area contributed by atoms with Gasteiger partial charge >= 0.3 is 0 Å². The van der Waals surface area contributed by atoms with Crippen LogP contribution >= 0.6 is 0 Å². The fourth-order valence-corrected chi connectivity index (χ4v) is 10.0. The summed E-state index contributed by atoms with van der Waals surface area (Å²) in [7, 11) is 5.68. The van der Waals surface area contributed by atoms with Crippen LogP contribution in [-0.2, 0) is 105 Å². The van der Waals surface area contributed by atoms with Gasteiger partial charge in [-0.3, -0.25) is 19.0 Å². The van der Waals surface area contributed by atoms with Gasteiger partial charge in [0, 0.05) is 159 Å². The molecule has 1 aliphatic rings. The van der Waals surface area contributed by atoms with Crippen LogP contribution in [0.4, 0.5) is 5.82 Å². The molecule has 6 aromatic carbocycles. The Balaban J connectivity index is 0.000000233. The molecule has 0 atom stereocenters. The van der Waals surface area contributed by atoms with Gasteiger partial charge in [-0.1, -0.05) is 55.7 Å². The van der Waals surface area contributed by atoms with E-state index in [1.165, 1.54) is 54.5 Å². The summed E-state index contributed by atoms with van der Waals surface area (Å²) in [5.41, 5.74) is 16.2. The summed E-state index contributed by atoms with van der Waals surface area (Å²) >= 11 is 0. The molecule has 0 N–H and O–H groups in total. The summed E-state index contributed by atoms with van der Waals surface area (Å²) in [5.74, 6) is 2.57. The number of hydrogen-bond acceptors (Lipinski definition) is 8. The first-order chi connectivity index (χ1) is 40.6. The predicted molar refractivity (Wildman–Crippen MR) is 331 cm³/mol. The van der Waals surface area contributed by atoms with Crippen LogP contribution in [0.3, 0.4) is 0 Å². The van der Waals surface area contributed by atoms with Gasteiger partial charge in [-0.25, -0.2) is 9.36 Å².